The first kappa shape index (κ1) is 13.7. The molecule has 3 radical (unpaired) electrons. The molecule has 2 atom stereocenters. The number of alkyl halides is 4. The summed E-state index contributed by atoms with van der Waals surface area (Å²) in [7, 11) is 3.53. The lowest BCUT2D eigenvalue weighted by atomic mass is 10.1. The van der Waals surface area contributed by atoms with Crippen molar-refractivity contribution in [1.82, 2.24) is 0 Å². The van der Waals surface area contributed by atoms with Gasteiger partial charge in [0, 0.05) is 16.1 Å². The molecule has 2 unspecified atom stereocenters. The van der Waals surface area contributed by atoms with Crippen molar-refractivity contribution in [1.29, 1.82) is 0 Å². The Hall–Kier alpha value is 0.597. The Morgan fingerprint density at radius 1 is 1.20 bits per heavy atom. The van der Waals surface area contributed by atoms with Crippen LogP contribution in [0.15, 0.2) is 24.3 Å². The van der Waals surface area contributed by atoms with Crippen molar-refractivity contribution in [3.8, 4) is 0 Å². The van der Waals surface area contributed by atoms with E-state index in [2.05, 4.69) is 10.2 Å². The lowest BCUT2D eigenvalue weighted by Gasteiger charge is -2.19. The average molecular weight is 299 g/mol. The predicted octanol–water partition coefficient (Wildman–Crippen LogP) is 4.05. The van der Waals surface area contributed by atoms with E-state index in [4.69, 9.17) is 46.4 Å². The zero-order valence-corrected chi connectivity index (χ0v) is 11.8. The first-order valence-corrected chi connectivity index (χ1v) is 6.76. The maximum Gasteiger partial charge on any atom is 0.124 e. The molecule has 1 aromatic carbocycles. The van der Waals surface area contributed by atoms with E-state index >= 15 is 0 Å². The molecular formula is C10H9Cl4Si. The minimum absolute atomic E-state index is 0.0881. The van der Waals surface area contributed by atoms with E-state index in [0.29, 0.717) is 5.88 Å². The fourth-order valence-electron chi connectivity index (χ4n) is 1.20. The van der Waals surface area contributed by atoms with E-state index in [0.717, 1.165) is 11.1 Å². The van der Waals surface area contributed by atoms with Gasteiger partial charge in [0.25, 0.3) is 0 Å². The third-order valence-electron chi connectivity index (χ3n) is 2.02. The quantitative estimate of drug-likeness (QED) is 0.581. The van der Waals surface area contributed by atoms with E-state index in [1.54, 1.807) is 0 Å². The summed E-state index contributed by atoms with van der Waals surface area (Å²) < 4.78 is 0. The third kappa shape index (κ3) is 3.83. The minimum Gasteiger partial charge on any atom is -0.122 e. The molecule has 0 heterocycles. The van der Waals surface area contributed by atoms with Gasteiger partial charge >= 0.3 is 0 Å². The molecule has 0 amide bonds. The molecule has 0 aromatic heterocycles. The zero-order chi connectivity index (χ0) is 11.4. The second-order valence-corrected chi connectivity index (χ2v) is 5.69. The lowest BCUT2D eigenvalue weighted by Crippen LogP contribution is -2.19. The Morgan fingerprint density at radius 2 is 1.87 bits per heavy atom. The van der Waals surface area contributed by atoms with Gasteiger partial charge in [-0.15, -0.1) is 46.4 Å². The highest BCUT2D eigenvalue weighted by molar-refractivity contribution is 6.49. The van der Waals surface area contributed by atoms with Crippen molar-refractivity contribution in [3.63, 3.8) is 0 Å². The highest BCUT2D eigenvalue weighted by Gasteiger charge is 2.22. The van der Waals surface area contributed by atoms with Crippen molar-refractivity contribution < 1.29 is 0 Å². The van der Waals surface area contributed by atoms with E-state index in [-0.39, 0.29) is 10.9 Å². The Balaban J connectivity index is 2.85. The van der Waals surface area contributed by atoms with Crippen LogP contribution in [0.1, 0.15) is 16.7 Å². The number of rotatable bonds is 4. The third-order valence-corrected chi connectivity index (χ3v) is 4.54. The van der Waals surface area contributed by atoms with Gasteiger partial charge in [-0.3, -0.25) is 0 Å². The molecule has 0 fully saturated rings. The summed E-state index contributed by atoms with van der Waals surface area (Å²) in [6.07, 6.45) is 0. The Kier molecular flexibility index (Phi) is 5.79. The van der Waals surface area contributed by atoms with Crippen molar-refractivity contribution in [2.45, 2.75) is 21.6 Å². The van der Waals surface area contributed by atoms with Gasteiger partial charge in [-0.05, 0) is 16.7 Å². The minimum atomic E-state index is -0.617. The van der Waals surface area contributed by atoms with Crippen LogP contribution >= 0.6 is 46.4 Å². The Bertz CT molecular complexity index is 316. The second-order valence-electron chi connectivity index (χ2n) is 3.14. The van der Waals surface area contributed by atoms with Crippen LogP contribution in [0.3, 0.4) is 0 Å². The normalized spacial score (nSPS) is 15.3. The van der Waals surface area contributed by atoms with Crippen molar-refractivity contribution in [2.75, 3.05) is 0 Å². The van der Waals surface area contributed by atoms with Gasteiger partial charge in [0.1, 0.15) is 4.84 Å². The van der Waals surface area contributed by atoms with Crippen molar-refractivity contribution in [2.24, 2.45) is 0 Å². The number of hydrogen-bond acceptors (Lipinski definition) is 0. The molecule has 1 aromatic rings. The molecule has 0 bridgehead atoms. The van der Waals surface area contributed by atoms with E-state index in [1.165, 1.54) is 0 Å². The summed E-state index contributed by atoms with van der Waals surface area (Å²) >= 11 is 23.2. The van der Waals surface area contributed by atoms with E-state index in [9.17, 15) is 0 Å². The summed E-state index contributed by atoms with van der Waals surface area (Å²) in [5.74, 6) is 0.477. The first-order chi connectivity index (χ1) is 7.06. The summed E-state index contributed by atoms with van der Waals surface area (Å²) in [4.78, 5) is -0.617. The second kappa shape index (κ2) is 6.36. The van der Waals surface area contributed by atoms with Gasteiger partial charge in [-0.2, -0.15) is 0 Å². The maximum absolute atomic E-state index is 6.05. The van der Waals surface area contributed by atoms with Crippen molar-refractivity contribution >= 4 is 56.6 Å². The van der Waals surface area contributed by atoms with Gasteiger partial charge < -0.3 is 0 Å². The average Bonchev–Trinajstić information content (AvgIpc) is 2.27. The van der Waals surface area contributed by atoms with Gasteiger partial charge in [0.05, 0.1) is 5.38 Å². The highest BCUT2D eigenvalue weighted by Crippen LogP contribution is 2.28. The van der Waals surface area contributed by atoms with Crippen LogP contribution in [0, 0.1) is 0 Å². The van der Waals surface area contributed by atoms with Gasteiger partial charge in [0.2, 0.25) is 0 Å². The van der Waals surface area contributed by atoms with Crippen LogP contribution < -0.4 is 0 Å². The zero-order valence-electron chi connectivity index (χ0n) is 7.76. The van der Waals surface area contributed by atoms with Crippen LogP contribution in [-0.2, 0) is 5.88 Å². The van der Waals surface area contributed by atoms with Gasteiger partial charge in [-0.1, -0.05) is 24.3 Å². The summed E-state index contributed by atoms with van der Waals surface area (Å²) in [5.41, 5.74) is 1.98. The Morgan fingerprint density at radius 3 is 2.40 bits per heavy atom. The van der Waals surface area contributed by atoms with Crippen LogP contribution in [0.25, 0.3) is 0 Å². The molecular weight excluding hydrogens is 290 g/mol. The standard InChI is InChI=1S/C10H9Cl4Si/c11-5-6-2-1-3-7(4-6)9(15)8(12)10(13)14/h1-4,8-10H,5H2. The Labute approximate surface area is 113 Å². The molecule has 0 aliphatic heterocycles. The molecule has 81 valence electrons. The summed E-state index contributed by atoms with van der Waals surface area (Å²) in [6.45, 7) is 0. The van der Waals surface area contributed by atoms with Gasteiger partial charge in [-0.25, -0.2) is 0 Å². The molecule has 5 heteroatoms. The largest absolute Gasteiger partial charge is 0.124 e. The molecule has 0 spiro atoms. The predicted molar refractivity (Wildman–Crippen MR) is 69.6 cm³/mol. The lowest BCUT2D eigenvalue weighted by molar-refractivity contribution is 0.865. The molecule has 0 saturated heterocycles. The molecule has 0 aliphatic carbocycles. The fourth-order valence-corrected chi connectivity index (χ4v) is 2.42. The number of benzene rings is 1. The fraction of sp³-hybridized carbons (Fsp3) is 0.400. The topological polar surface area (TPSA) is 0 Å². The van der Waals surface area contributed by atoms with Crippen LogP contribution in [0.2, 0.25) is 0 Å². The first-order valence-electron chi connectivity index (χ1n) is 4.34. The molecule has 0 aliphatic rings. The van der Waals surface area contributed by atoms with Crippen LogP contribution in [0.4, 0.5) is 0 Å². The van der Waals surface area contributed by atoms with Crippen LogP contribution in [-0.4, -0.2) is 20.5 Å². The molecule has 15 heavy (non-hydrogen) atoms. The SMILES string of the molecule is [Si]C(c1cccc(CCl)c1)C(Cl)C(Cl)Cl. The summed E-state index contributed by atoms with van der Waals surface area (Å²) in [5, 5.41) is -0.379. The van der Waals surface area contributed by atoms with E-state index < -0.39 is 4.84 Å². The number of halogens is 4. The monoisotopic (exact) mass is 297 g/mol. The smallest absolute Gasteiger partial charge is 0.122 e. The molecule has 0 saturated carbocycles. The van der Waals surface area contributed by atoms with Crippen molar-refractivity contribution in [3.05, 3.63) is 35.4 Å². The maximum atomic E-state index is 6.05. The summed E-state index contributed by atoms with van der Waals surface area (Å²) in [6, 6.07) is 7.83. The molecule has 0 N–H and O–H groups in total. The van der Waals surface area contributed by atoms with E-state index in [1.807, 2.05) is 24.3 Å². The number of hydrogen-bond donors (Lipinski definition) is 0. The highest BCUT2D eigenvalue weighted by atomic mass is 35.5. The molecule has 1 rings (SSSR count). The molecule has 0 nitrogen and oxygen atoms in total. The van der Waals surface area contributed by atoms with Gasteiger partial charge in [0.15, 0.2) is 0 Å². The van der Waals surface area contributed by atoms with Crippen LogP contribution in [0.5, 0.6) is 0 Å².